The number of hydrogen-bond acceptors (Lipinski definition) is 4. The van der Waals surface area contributed by atoms with Gasteiger partial charge in [-0.1, -0.05) is 0 Å². The molecule has 0 aliphatic carbocycles. The van der Waals surface area contributed by atoms with Gasteiger partial charge in [0.2, 0.25) is 5.91 Å². The van der Waals surface area contributed by atoms with E-state index in [0.29, 0.717) is 23.1 Å². The van der Waals surface area contributed by atoms with E-state index in [1.54, 1.807) is 11.0 Å². The van der Waals surface area contributed by atoms with Crippen molar-refractivity contribution in [1.82, 2.24) is 9.97 Å². The lowest BCUT2D eigenvalue weighted by Crippen LogP contribution is -2.23. The minimum absolute atomic E-state index is 0.160. The zero-order valence-electron chi connectivity index (χ0n) is 12.9. The molecule has 1 aromatic heterocycles. The van der Waals surface area contributed by atoms with Gasteiger partial charge in [-0.05, 0) is 48.9 Å². The number of aromatic nitrogens is 2. The maximum Gasteiger partial charge on any atom is 0.227 e. The van der Waals surface area contributed by atoms with Crippen LogP contribution >= 0.6 is 0 Å². The summed E-state index contributed by atoms with van der Waals surface area (Å²) in [5.74, 6) is 0.376. The lowest BCUT2D eigenvalue weighted by molar-refractivity contribution is -0.117. The van der Waals surface area contributed by atoms with Gasteiger partial charge in [-0.15, -0.1) is 0 Å². The molecule has 0 radical (unpaired) electrons. The van der Waals surface area contributed by atoms with E-state index < -0.39 is 0 Å². The molecule has 0 atom stereocenters. The Bertz CT molecular complexity index is 911. The maximum atomic E-state index is 13.5. The smallest absolute Gasteiger partial charge is 0.227 e. The highest BCUT2D eigenvalue weighted by atomic mass is 19.1. The van der Waals surface area contributed by atoms with Crippen LogP contribution in [0.2, 0.25) is 0 Å². The average molecular weight is 322 g/mol. The van der Waals surface area contributed by atoms with Crippen LogP contribution in [0.15, 0.2) is 48.8 Å². The third-order valence-electron chi connectivity index (χ3n) is 4.11. The lowest BCUT2D eigenvalue weighted by atomic mass is 10.2. The standard InChI is InChI=1S/C18H15FN4O/c19-12-3-8-16-15(10-12)18(21-11-20-16)22-13-4-6-14(7-5-13)23-9-1-2-17(23)24/h3-8,10-11H,1-2,9H2,(H,20,21,22). The van der Waals surface area contributed by atoms with Crippen molar-refractivity contribution in [2.45, 2.75) is 12.8 Å². The van der Waals surface area contributed by atoms with Crippen LogP contribution in [0.4, 0.5) is 21.6 Å². The van der Waals surface area contributed by atoms with Gasteiger partial charge in [-0.3, -0.25) is 4.79 Å². The van der Waals surface area contributed by atoms with Gasteiger partial charge in [0.25, 0.3) is 0 Å². The van der Waals surface area contributed by atoms with E-state index in [4.69, 9.17) is 0 Å². The Hall–Kier alpha value is -3.02. The number of benzene rings is 2. The van der Waals surface area contributed by atoms with Crippen LogP contribution in [0.1, 0.15) is 12.8 Å². The maximum absolute atomic E-state index is 13.5. The first-order valence-electron chi connectivity index (χ1n) is 7.78. The molecule has 1 aliphatic heterocycles. The molecule has 120 valence electrons. The Kier molecular flexibility index (Phi) is 3.57. The first kappa shape index (κ1) is 14.6. The fourth-order valence-corrected chi connectivity index (χ4v) is 2.91. The molecule has 4 rings (SSSR count). The van der Waals surface area contributed by atoms with Gasteiger partial charge >= 0.3 is 0 Å². The fraction of sp³-hybridized carbons (Fsp3) is 0.167. The van der Waals surface area contributed by atoms with Crippen LogP contribution in [0.25, 0.3) is 10.9 Å². The van der Waals surface area contributed by atoms with Gasteiger partial charge in [0.1, 0.15) is 18.0 Å². The van der Waals surface area contributed by atoms with Crippen molar-refractivity contribution in [3.63, 3.8) is 0 Å². The first-order chi connectivity index (χ1) is 11.7. The number of amides is 1. The summed E-state index contributed by atoms with van der Waals surface area (Å²) in [4.78, 5) is 21.9. The van der Waals surface area contributed by atoms with Gasteiger partial charge in [-0.2, -0.15) is 0 Å². The molecule has 1 aliphatic rings. The van der Waals surface area contributed by atoms with E-state index >= 15 is 0 Å². The predicted octanol–water partition coefficient (Wildman–Crippen LogP) is 3.64. The molecule has 1 saturated heterocycles. The van der Waals surface area contributed by atoms with Crippen molar-refractivity contribution >= 4 is 34.0 Å². The van der Waals surface area contributed by atoms with Crippen molar-refractivity contribution in [3.8, 4) is 0 Å². The summed E-state index contributed by atoms with van der Waals surface area (Å²) in [5.41, 5.74) is 2.38. The lowest BCUT2D eigenvalue weighted by Gasteiger charge is -2.16. The molecule has 1 amide bonds. The molecule has 2 aromatic carbocycles. The topological polar surface area (TPSA) is 58.1 Å². The molecule has 1 N–H and O–H groups in total. The molecule has 2 heterocycles. The summed E-state index contributed by atoms with van der Waals surface area (Å²) < 4.78 is 13.5. The van der Waals surface area contributed by atoms with Gasteiger partial charge < -0.3 is 10.2 Å². The van der Waals surface area contributed by atoms with Crippen LogP contribution in [0, 0.1) is 5.82 Å². The zero-order valence-corrected chi connectivity index (χ0v) is 12.9. The third kappa shape index (κ3) is 2.67. The molecule has 0 saturated carbocycles. The second-order valence-corrected chi connectivity index (χ2v) is 5.70. The minimum Gasteiger partial charge on any atom is -0.340 e. The van der Waals surface area contributed by atoms with Crippen LogP contribution < -0.4 is 10.2 Å². The van der Waals surface area contributed by atoms with E-state index in [1.807, 2.05) is 24.3 Å². The van der Waals surface area contributed by atoms with E-state index in [9.17, 15) is 9.18 Å². The normalized spacial score (nSPS) is 14.4. The monoisotopic (exact) mass is 322 g/mol. The fourth-order valence-electron chi connectivity index (χ4n) is 2.91. The highest BCUT2D eigenvalue weighted by molar-refractivity contribution is 5.95. The number of hydrogen-bond donors (Lipinski definition) is 1. The average Bonchev–Trinajstić information content (AvgIpc) is 3.02. The molecule has 0 unspecified atom stereocenters. The summed E-state index contributed by atoms with van der Waals surface area (Å²) >= 11 is 0. The highest BCUT2D eigenvalue weighted by Crippen LogP contribution is 2.26. The van der Waals surface area contributed by atoms with Gasteiger partial charge in [0.15, 0.2) is 0 Å². The second-order valence-electron chi connectivity index (χ2n) is 5.70. The van der Waals surface area contributed by atoms with Gasteiger partial charge in [0.05, 0.1) is 5.52 Å². The Morgan fingerprint density at radius 3 is 2.67 bits per heavy atom. The van der Waals surface area contributed by atoms with E-state index in [0.717, 1.165) is 24.3 Å². The number of rotatable bonds is 3. The second kappa shape index (κ2) is 5.88. The van der Waals surface area contributed by atoms with Crippen molar-refractivity contribution in [3.05, 3.63) is 54.6 Å². The SMILES string of the molecule is O=C1CCCN1c1ccc(Nc2ncnc3ccc(F)cc23)cc1. The number of fused-ring (bicyclic) bond motifs is 1. The van der Waals surface area contributed by atoms with E-state index in [2.05, 4.69) is 15.3 Å². The summed E-state index contributed by atoms with van der Waals surface area (Å²) in [6.07, 6.45) is 2.95. The van der Waals surface area contributed by atoms with Crippen molar-refractivity contribution in [1.29, 1.82) is 0 Å². The van der Waals surface area contributed by atoms with Crippen LogP contribution in [0.5, 0.6) is 0 Å². The first-order valence-corrected chi connectivity index (χ1v) is 7.78. The Balaban J connectivity index is 1.62. The zero-order chi connectivity index (χ0) is 16.5. The quantitative estimate of drug-likeness (QED) is 0.800. The molecule has 1 fully saturated rings. The molecule has 0 spiro atoms. The molecular formula is C18H15FN4O. The van der Waals surface area contributed by atoms with Crippen LogP contribution in [0.3, 0.4) is 0 Å². The molecular weight excluding hydrogens is 307 g/mol. The summed E-state index contributed by atoms with van der Waals surface area (Å²) in [6, 6.07) is 12.0. The number of carbonyl (C=O) groups excluding carboxylic acids is 1. The van der Waals surface area contributed by atoms with Crippen molar-refractivity contribution in [2.24, 2.45) is 0 Å². The minimum atomic E-state index is -0.330. The molecule has 3 aromatic rings. The Labute approximate surface area is 138 Å². The summed E-state index contributed by atoms with van der Waals surface area (Å²) in [7, 11) is 0. The third-order valence-corrected chi connectivity index (χ3v) is 4.11. The van der Waals surface area contributed by atoms with Gasteiger partial charge in [0, 0.05) is 29.7 Å². The summed E-state index contributed by atoms with van der Waals surface area (Å²) in [6.45, 7) is 0.765. The predicted molar refractivity (Wildman–Crippen MR) is 90.8 cm³/mol. The Morgan fingerprint density at radius 1 is 1.08 bits per heavy atom. The van der Waals surface area contributed by atoms with Crippen LogP contribution in [-0.2, 0) is 4.79 Å². The van der Waals surface area contributed by atoms with Crippen molar-refractivity contribution < 1.29 is 9.18 Å². The van der Waals surface area contributed by atoms with Crippen LogP contribution in [-0.4, -0.2) is 22.4 Å². The molecule has 24 heavy (non-hydrogen) atoms. The number of halogens is 1. The largest absolute Gasteiger partial charge is 0.340 e. The molecule has 5 nitrogen and oxygen atoms in total. The Morgan fingerprint density at radius 2 is 1.92 bits per heavy atom. The van der Waals surface area contributed by atoms with Crippen molar-refractivity contribution in [2.75, 3.05) is 16.8 Å². The molecule has 0 bridgehead atoms. The number of carbonyl (C=O) groups is 1. The number of nitrogens with zero attached hydrogens (tertiary/aromatic N) is 3. The highest BCUT2D eigenvalue weighted by Gasteiger charge is 2.21. The molecule has 6 heteroatoms. The van der Waals surface area contributed by atoms with E-state index in [1.165, 1.54) is 18.5 Å². The van der Waals surface area contributed by atoms with E-state index in [-0.39, 0.29) is 11.7 Å². The summed E-state index contributed by atoms with van der Waals surface area (Å²) in [5, 5.41) is 3.80. The number of nitrogens with one attached hydrogen (secondary N) is 1. The van der Waals surface area contributed by atoms with Gasteiger partial charge in [-0.25, -0.2) is 14.4 Å². The number of anilines is 3.